The monoisotopic (exact) mass is 628 g/mol. The number of benzene rings is 1. The van der Waals surface area contributed by atoms with Gasteiger partial charge in [-0.2, -0.15) is 0 Å². The second-order valence-corrected chi connectivity index (χ2v) is 12.0. The number of carbonyl (C=O) groups excluding carboxylic acids is 1. The average molecular weight is 630 g/mol. The third-order valence-corrected chi connectivity index (χ3v) is 8.49. The summed E-state index contributed by atoms with van der Waals surface area (Å²) in [6, 6.07) is 3.28. The molecule has 0 spiro atoms. The van der Waals surface area contributed by atoms with E-state index in [1.54, 1.807) is 12.3 Å². The predicted molar refractivity (Wildman–Crippen MR) is 172 cm³/mol. The van der Waals surface area contributed by atoms with Crippen LogP contribution in [0.2, 0.25) is 10.0 Å². The lowest BCUT2D eigenvalue weighted by molar-refractivity contribution is -0.117. The summed E-state index contributed by atoms with van der Waals surface area (Å²) >= 11 is 13.5. The molecule has 1 aliphatic carbocycles. The van der Waals surface area contributed by atoms with E-state index in [0.717, 1.165) is 31.6 Å². The molecule has 43 heavy (non-hydrogen) atoms. The van der Waals surface area contributed by atoms with E-state index in [9.17, 15) is 4.79 Å². The summed E-state index contributed by atoms with van der Waals surface area (Å²) in [5, 5.41) is 11.5. The molecule has 0 unspecified atom stereocenters. The van der Waals surface area contributed by atoms with Crippen LogP contribution in [0, 0.1) is 5.92 Å². The fourth-order valence-electron chi connectivity index (χ4n) is 5.14. The topological polar surface area (TPSA) is 117 Å². The summed E-state index contributed by atoms with van der Waals surface area (Å²) in [6.45, 7) is 7.62. The van der Waals surface area contributed by atoms with Crippen molar-refractivity contribution in [3.63, 3.8) is 0 Å². The van der Waals surface area contributed by atoms with E-state index in [2.05, 4.69) is 37.3 Å². The molecule has 0 radical (unpaired) electrons. The highest BCUT2D eigenvalue weighted by molar-refractivity contribution is 6.41. The molecule has 2 fully saturated rings. The van der Waals surface area contributed by atoms with Crippen molar-refractivity contribution in [3.05, 3.63) is 41.0 Å². The number of methoxy groups -OCH3 is 2. The zero-order chi connectivity index (χ0) is 30.7. The minimum atomic E-state index is -0.208. The number of pyridine rings is 1. The van der Waals surface area contributed by atoms with Crippen molar-refractivity contribution >= 4 is 51.8 Å². The first-order valence-electron chi connectivity index (χ1n) is 14.3. The Bertz CT molecular complexity index is 1470. The number of nitrogens with one attached hydrogen (secondary N) is 3. The average Bonchev–Trinajstić information content (AvgIpc) is 3.75. The van der Waals surface area contributed by atoms with Gasteiger partial charge in [0.15, 0.2) is 5.82 Å². The molecule has 5 rings (SSSR count). The largest absolute Gasteiger partial charge is 0.495 e. The Morgan fingerprint density at radius 1 is 1.12 bits per heavy atom. The molecular weight excluding hydrogens is 591 g/mol. The van der Waals surface area contributed by atoms with Gasteiger partial charge in [-0.25, -0.2) is 15.0 Å². The number of aromatic nitrogens is 3. The second kappa shape index (κ2) is 13.5. The van der Waals surface area contributed by atoms with Crippen molar-refractivity contribution in [2.75, 3.05) is 71.7 Å². The quantitative estimate of drug-likeness (QED) is 0.238. The van der Waals surface area contributed by atoms with Crippen molar-refractivity contribution in [2.45, 2.75) is 24.9 Å². The number of ether oxygens (including phenoxy) is 2. The summed E-state index contributed by atoms with van der Waals surface area (Å²) in [5.74, 6) is 2.31. The van der Waals surface area contributed by atoms with Gasteiger partial charge in [0, 0.05) is 55.9 Å². The molecule has 2 atom stereocenters. The lowest BCUT2D eigenvalue weighted by Crippen LogP contribution is -2.45. The van der Waals surface area contributed by atoms with Crippen LogP contribution in [0.4, 0.5) is 11.8 Å². The Labute approximate surface area is 261 Å². The Morgan fingerprint density at radius 2 is 1.81 bits per heavy atom. The van der Waals surface area contributed by atoms with Gasteiger partial charge in [-0.15, -0.1) is 0 Å². The van der Waals surface area contributed by atoms with E-state index in [1.165, 1.54) is 33.1 Å². The molecule has 1 aliphatic heterocycles. The number of rotatable bonds is 13. The Morgan fingerprint density at radius 3 is 2.44 bits per heavy atom. The van der Waals surface area contributed by atoms with E-state index < -0.39 is 0 Å². The van der Waals surface area contributed by atoms with E-state index in [0.29, 0.717) is 62.5 Å². The summed E-state index contributed by atoms with van der Waals surface area (Å²) in [5.41, 5.74) is 1.71. The lowest BCUT2D eigenvalue weighted by atomic mass is 10.1. The van der Waals surface area contributed by atoms with Crippen molar-refractivity contribution in [3.8, 4) is 22.8 Å². The third-order valence-electron chi connectivity index (χ3n) is 7.74. The first kappa shape index (κ1) is 31.1. The maximum Gasteiger partial charge on any atom is 0.243 e. The van der Waals surface area contributed by atoms with Crippen molar-refractivity contribution < 1.29 is 14.3 Å². The Balaban J connectivity index is 1.49. The van der Waals surface area contributed by atoms with Crippen LogP contribution < -0.4 is 25.4 Å². The van der Waals surface area contributed by atoms with Gasteiger partial charge in [-0.3, -0.25) is 9.69 Å². The number of halogens is 2. The first-order valence-corrected chi connectivity index (χ1v) is 15.0. The van der Waals surface area contributed by atoms with Crippen LogP contribution in [-0.4, -0.2) is 104 Å². The molecule has 3 N–H and O–H groups in total. The zero-order valence-electron chi connectivity index (χ0n) is 24.9. The molecular formula is C30H38Cl2N8O3. The van der Waals surface area contributed by atoms with Crippen molar-refractivity contribution in [1.82, 2.24) is 30.1 Å². The highest BCUT2D eigenvalue weighted by Gasteiger charge is 2.34. The van der Waals surface area contributed by atoms with Crippen LogP contribution in [0.25, 0.3) is 22.2 Å². The SMILES string of the molecule is C=CC(=O)N[C@H]1CN(CCN(C)C)C[C@H]1Nc1ncc2cc(-c3c(Cl)c(OC)cc(OC)c3Cl)nc(NCC3CC3)c2n1. The predicted octanol–water partition coefficient (Wildman–Crippen LogP) is 4.17. The highest BCUT2D eigenvalue weighted by Crippen LogP contribution is 2.46. The number of anilines is 2. The fraction of sp³-hybridized carbons (Fsp3) is 0.467. The van der Waals surface area contributed by atoms with E-state index in [1.807, 2.05) is 20.2 Å². The molecule has 1 amide bonds. The lowest BCUT2D eigenvalue weighted by Gasteiger charge is -2.21. The molecule has 11 nitrogen and oxygen atoms in total. The highest BCUT2D eigenvalue weighted by atomic mass is 35.5. The molecule has 2 aromatic heterocycles. The van der Waals surface area contributed by atoms with Crippen molar-refractivity contribution in [1.29, 1.82) is 0 Å². The van der Waals surface area contributed by atoms with E-state index in [-0.39, 0.29) is 18.0 Å². The first-order chi connectivity index (χ1) is 20.7. The minimum absolute atomic E-state index is 0.0968. The van der Waals surface area contributed by atoms with Gasteiger partial charge in [0.25, 0.3) is 0 Å². The molecule has 2 aliphatic rings. The van der Waals surface area contributed by atoms with Crippen molar-refractivity contribution in [2.24, 2.45) is 5.92 Å². The smallest absolute Gasteiger partial charge is 0.243 e. The number of hydrogen-bond acceptors (Lipinski definition) is 10. The third kappa shape index (κ3) is 7.23. The summed E-state index contributed by atoms with van der Waals surface area (Å²) in [7, 11) is 7.17. The number of fused-ring (bicyclic) bond motifs is 1. The molecule has 230 valence electrons. The maximum atomic E-state index is 12.2. The van der Waals surface area contributed by atoms with Gasteiger partial charge in [0.05, 0.1) is 42.0 Å². The van der Waals surface area contributed by atoms with E-state index in [4.69, 9.17) is 42.6 Å². The minimum Gasteiger partial charge on any atom is -0.495 e. The molecule has 0 bridgehead atoms. The maximum absolute atomic E-state index is 12.2. The molecule has 1 saturated heterocycles. The molecule has 1 aromatic carbocycles. The van der Waals surface area contributed by atoms with Gasteiger partial charge in [-0.05, 0) is 45.0 Å². The number of nitrogens with zero attached hydrogens (tertiary/aromatic N) is 5. The number of hydrogen-bond donors (Lipinski definition) is 3. The zero-order valence-corrected chi connectivity index (χ0v) is 26.4. The molecule has 3 heterocycles. The number of carbonyl (C=O) groups is 1. The van der Waals surface area contributed by atoms with Gasteiger partial charge in [0.2, 0.25) is 11.9 Å². The van der Waals surface area contributed by atoms with Crippen LogP contribution in [0.1, 0.15) is 12.8 Å². The summed E-state index contributed by atoms with van der Waals surface area (Å²) < 4.78 is 11.0. The van der Waals surface area contributed by atoms with Crippen LogP contribution in [0.15, 0.2) is 31.0 Å². The summed E-state index contributed by atoms with van der Waals surface area (Å²) in [4.78, 5) is 31.1. The van der Waals surface area contributed by atoms with Crippen LogP contribution in [-0.2, 0) is 4.79 Å². The molecule has 3 aromatic rings. The molecule has 1 saturated carbocycles. The van der Waals surface area contributed by atoms with Crippen LogP contribution in [0.3, 0.4) is 0 Å². The number of likely N-dealkylation sites (N-methyl/N-ethyl adjacent to an activating group) is 1. The standard InChI is InChI=1S/C30H38Cl2N8O3/c1-6-24(41)35-20-15-40(10-9-39(2)3)16-21(20)37-30-34-14-18-11-19(36-29(28(18)38-30)33-13-17-7-8-17)25-26(31)22(42-4)12-23(43-5)27(25)32/h6,11-12,14,17,20-21H,1,7-10,13,15-16H2,2-5H3,(H,33,36)(H,35,41)(H,34,37,38)/t20-,21+/m0/s1. The second-order valence-electron chi connectivity index (χ2n) is 11.2. The fourth-order valence-corrected chi connectivity index (χ4v) is 5.84. The van der Waals surface area contributed by atoms with Gasteiger partial charge in [0.1, 0.15) is 17.0 Å². The van der Waals surface area contributed by atoms with Gasteiger partial charge >= 0.3 is 0 Å². The Hall–Kier alpha value is -3.38. The van der Waals surface area contributed by atoms with E-state index >= 15 is 0 Å². The van der Waals surface area contributed by atoms with Gasteiger partial charge < -0.3 is 30.3 Å². The molecule has 13 heteroatoms. The van der Waals surface area contributed by atoms with Crippen LogP contribution in [0.5, 0.6) is 11.5 Å². The normalized spacial score (nSPS) is 18.6. The van der Waals surface area contributed by atoms with Gasteiger partial charge in [-0.1, -0.05) is 29.8 Å². The number of likely N-dealkylation sites (tertiary alicyclic amines) is 1. The number of amides is 1. The Kier molecular flexibility index (Phi) is 9.75. The van der Waals surface area contributed by atoms with Crippen LogP contribution >= 0.6 is 23.2 Å². The summed E-state index contributed by atoms with van der Waals surface area (Å²) in [6.07, 6.45) is 5.42.